The standard InChI is InChI=1S/C16H19N3O5S/c1-10(15(21)18-16(22)23-2)24-14(20)8-19-12-7-5-4-6-11(12)17-13(19)9-25-3/h4-7,10H,8-9H2,1-3H3,(H,18,21,22)/t10-/m1/s1. The highest BCUT2D eigenvalue weighted by Gasteiger charge is 2.21. The van der Waals surface area contributed by atoms with E-state index in [9.17, 15) is 14.4 Å². The van der Waals surface area contributed by atoms with Crippen molar-refractivity contribution >= 4 is 40.8 Å². The van der Waals surface area contributed by atoms with Gasteiger partial charge >= 0.3 is 12.1 Å². The van der Waals surface area contributed by atoms with Crippen molar-refractivity contribution in [2.75, 3.05) is 13.4 Å². The van der Waals surface area contributed by atoms with Crippen LogP contribution in [0, 0.1) is 0 Å². The number of amides is 2. The Morgan fingerprint density at radius 3 is 2.72 bits per heavy atom. The number of benzene rings is 1. The molecule has 2 amide bonds. The topological polar surface area (TPSA) is 99.5 Å². The molecule has 0 bridgehead atoms. The van der Waals surface area contributed by atoms with Gasteiger partial charge in [0.15, 0.2) is 6.10 Å². The van der Waals surface area contributed by atoms with Crippen LogP contribution in [0.15, 0.2) is 24.3 Å². The van der Waals surface area contributed by atoms with Crippen LogP contribution in [0.2, 0.25) is 0 Å². The predicted octanol–water partition coefficient (Wildman–Crippen LogP) is 1.71. The maximum atomic E-state index is 12.2. The van der Waals surface area contributed by atoms with Crippen molar-refractivity contribution in [2.24, 2.45) is 0 Å². The normalized spacial score (nSPS) is 11.8. The van der Waals surface area contributed by atoms with Crippen molar-refractivity contribution in [1.29, 1.82) is 0 Å². The van der Waals surface area contributed by atoms with Crippen LogP contribution in [-0.2, 0) is 31.4 Å². The molecule has 0 saturated heterocycles. The molecule has 1 aromatic carbocycles. The van der Waals surface area contributed by atoms with Crippen LogP contribution in [-0.4, -0.2) is 47.0 Å². The highest BCUT2D eigenvalue weighted by molar-refractivity contribution is 7.97. The molecule has 0 spiro atoms. The number of esters is 1. The van der Waals surface area contributed by atoms with E-state index in [0.717, 1.165) is 24.0 Å². The van der Waals surface area contributed by atoms with Gasteiger partial charge in [-0.05, 0) is 25.3 Å². The molecule has 2 rings (SSSR count). The molecule has 0 fully saturated rings. The summed E-state index contributed by atoms with van der Waals surface area (Å²) >= 11 is 1.59. The number of thioether (sulfide) groups is 1. The number of imidazole rings is 1. The van der Waals surface area contributed by atoms with Gasteiger partial charge in [-0.25, -0.2) is 9.78 Å². The van der Waals surface area contributed by atoms with Crippen LogP contribution in [0.25, 0.3) is 11.0 Å². The Hall–Kier alpha value is -2.55. The van der Waals surface area contributed by atoms with Crippen LogP contribution in [0.1, 0.15) is 12.7 Å². The van der Waals surface area contributed by atoms with Crippen LogP contribution in [0.5, 0.6) is 0 Å². The second-order valence-corrected chi connectivity index (χ2v) is 6.01. The molecule has 1 atom stereocenters. The lowest BCUT2D eigenvalue weighted by Crippen LogP contribution is -2.39. The van der Waals surface area contributed by atoms with Gasteiger partial charge in [-0.1, -0.05) is 12.1 Å². The molecule has 1 aromatic heterocycles. The Morgan fingerprint density at radius 2 is 2.04 bits per heavy atom. The fourth-order valence-electron chi connectivity index (χ4n) is 2.21. The number of fused-ring (bicyclic) bond motifs is 1. The number of imide groups is 1. The van der Waals surface area contributed by atoms with Gasteiger partial charge in [0.25, 0.3) is 5.91 Å². The largest absolute Gasteiger partial charge is 0.453 e. The van der Waals surface area contributed by atoms with E-state index in [0.29, 0.717) is 5.75 Å². The summed E-state index contributed by atoms with van der Waals surface area (Å²) < 4.78 is 11.2. The van der Waals surface area contributed by atoms with Crippen molar-refractivity contribution in [2.45, 2.75) is 25.3 Å². The lowest BCUT2D eigenvalue weighted by molar-refractivity contribution is -0.155. The Bertz CT molecular complexity index is 789. The summed E-state index contributed by atoms with van der Waals surface area (Å²) in [5.41, 5.74) is 1.60. The average molecular weight is 365 g/mol. The molecule has 134 valence electrons. The number of ether oxygens (including phenoxy) is 2. The highest BCUT2D eigenvalue weighted by Crippen LogP contribution is 2.19. The molecule has 9 heteroatoms. The Balaban J connectivity index is 2.09. The van der Waals surface area contributed by atoms with Gasteiger partial charge < -0.3 is 14.0 Å². The number of aromatic nitrogens is 2. The SMILES string of the molecule is COC(=O)NC(=O)[C@@H](C)OC(=O)Cn1c(CSC)nc2ccccc21. The smallest absolute Gasteiger partial charge is 0.413 e. The first-order valence-corrected chi connectivity index (χ1v) is 8.87. The highest BCUT2D eigenvalue weighted by atomic mass is 32.2. The number of hydrogen-bond acceptors (Lipinski definition) is 7. The Kier molecular flexibility index (Phi) is 6.40. The maximum Gasteiger partial charge on any atom is 0.413 e. The van der Waals surface area contributed by atoms with E-state index >= 15 is 0 Å². The average Bonchev–Trinajstić information content (AvgIpc) is 2.92. The molecule has 1 N–H and O–H groups in total. The maximum absolute atomic E-state index is 12.2. The lowest BCUT2D eigenvalue weighted by Gasteiger charge is -2.14. The number of carbonyl (C=O) groups is 3. The van der Waals surface area contributed by atoms with E-state index in [1.54, 1.807) is 16.3 Å². The third kappa shape index (κ3) is 4.72. The first-order valence-electron chi connectivity index (χ1n) is 7.47. The van der Waals surface area contributed by atoms with Crippen LogP contribution in [0.3, 0.4) is 0 Å². The van der Waals surface area contributed by atoms with E-state index in [1.165, 1.54) is 6.92 Å². The first-order chi connectivity index (χ1) is 12.0. The molecule has 8 nitrogen and oxygen atoms in total. The van der Waals surface area contributed by atoms with E-state index in [1.807, 2.05) is 35.8 Å². The zero-order chi connectivity index (χ0) is 18.4. The zero-order valence-electron chi connectivity index (χ0n) is 14.1. The molecular formula is C16H19N3O5S. The second kappa shape index (κ2) is 8.52. The predicted molar refractivity (Wildman–Crippen MR) is 93.1 cm³/mol. The van der Waals surface area contributed by atoms with Gasteiger partial charge in [-0.2, -0.15) is 11.8 Å². The van der Waals surface area contributed by atoms with Crippen molar-refractivity contribution in [3.05, 3.63) is 30.1 Å². The van der Waals surface area contributed by atoms with Gasteiger partial charge in [0.05, 0.1) is 23.9 Å². The van der Waals surface area contributed by atoms with Crippen molar-refractivity contribution in [1.82, 2.24) is 14.9 Å². The molecule has 2 aromatic rings. The number of rotatable bonds is 6. The molecule has 25 heavy (non-hydrogen) atoms. The lowest BCUT2D eigenvalue weighted by atomic mass is 10.3. The minimum absolute atomic E-state index is 0.0771. The second-order valence-electron chi connectivity index (χ2n) is 5.15. The van der Waals surface area contributed by atoms with Crippen molar-refractivity contribution in [3.63, 3.8) is 0 Å². The number of carbonyl (C=O) groups excluding carboxylic acids is 3. The molecule has 0 saturated carbocycles. The summed E-state index contributed by atoms with van der Waals surface area (Å²) in [4.78, 5) is 39.5. The van der Waals surface area contributed by atoms with Gasteiger partial charge in [-0.15, -0.1) is 0 Å². The van der Waals surface area contributed by atoms with Gasteiger partial charge in [0.1, 0.15) is 12.4 Å². The number of methoxy groups -OCH3 is 1. The fraction of sp³-hybridized carbons (Fsp3) is 0.375. The number of alkyl carbamates (subject to hydrolysis) is 1. The molecule has 0 aliphatic rings. The minimum Gasteiger partial charge on any atom is -0.453 e. The monoisotopic (exact) mass is 365 g/mol. The number of nitrogens with zero attached hydrogens (tertiary/aromatic N) is 2. The molecule has 0 unspecified atom stereocenters. The van der Waals surface area contributed by atoms with Gasteiger partial charge in [0, 0.05) is 0 Å². The number of nitrogens with one attached hydrogen (secondary N) is 1. The van der Waals surface area contributed by atoms with Gasteiger partial charge in [0.2, 0.25) is 0 Å². The van der Waals surface area contributed by atoms with E-state index < -0.39 is 24.1 Å². The fourth-order valence-corrected chi connectivity index (χ4v) is 2.69. The molecular weight excluding hydrogens is 346 g/mol. The van der Waals surface area contributed by atoms with Crippen molar-refractivity contribution < 1.29 is 23.9 Å². The Morgan fingerprint density at radius 1 is 1.32 bits per heavy atom. The third-order valence-electron chi connectivity index (χ3n) is 3.38. The minimum atomic E-state index is -1.12. The van der Waals surface area contributed by atoms with Gasteiger partial charge in [-0.3, -0.25) is 14.9 Å². The third-order valence-corrected chi connectivity index (χ3v) is 3.93. The molecule has 0 aliphatic heterocycles. The van der Waals surface area contributed by atoms with E-state index in [4.69, 9.17) is 4.74 Å². The molecule has 0 radical (unpaired) electrons. The summed E-state index contributed by atoms with van der Waals surface area (Å²) in [6, 6.07) is 7.47. The van der Waals surface area contributed by atoms with E-state index in [-0.39, 0.29) is 6.54 Å². The van der Waals surface area contributed by atoms with Crippen LogP contribution in [0.4, 0.5) is 4.79 Å². The number of hydrogen-bond donors (Lipinski definition) is 1. The summed E-state index contributed by atoms with van der Waals surface area (Å²) in [6.07, 6.45) is -0.0811. The first kappa shape index (κ1) is 18.8. The summed E-state index contributed by atoms with van der Waals surface area (Å²) in [7, 11) is 1.14. The van der Waals surface area contributed by atoms with Crippen LogP contribution >= 0.6 is 11.8 Å². The van der Waals surface area contributed by atoms with Crippen LogP contribution < -0.4 is 5.32 Å². The zero-order valence-corrected chi connectivity index (χ0v) is 15.0. The molecule has 1 heterocycles. The number of para-hydroxylation sites is 2. The Labute approximate surface area is 148 Å². The molecule has 0 aliphatic carbocycles. The summed E-state index contributed by atoms with van der Waals surface area (Å²) in [6.45, 7) is 1.30. The van der Waals surface area contributed by atoms with Crippen molar-refractivity contribution in [3.8, 4) is 0 Å². The van der Waals surface area contributed by atoms with E-state index in [2.05, 4.69) is 9.72 Å². The quantitative estimate of drug-likeness (QED) is 0.778. The summed E-state index contributed by atoms with van der Waals surface area (Å²) in [5, 5.41) is 1.96. The summed E-state index contributed by atoms with van der Waals surface area (Å²) in [5.74, 6) is 0.0377.